The number of benzene rings is 2. The Morgan fingerprint density at radius 3 is 2.52 bits per heavy atom. The molecule has 2 aromatic carbocycles. The number of nitrogens with one attached hydrogen (secondary N) is 2. The number of rotatable bonds is 8. The summed E-state index contributed by atoms with van der Waals surface area (Å²) in [7, 11) is -4.14. The van der Waals surface area contributed by atoms with Gasteiger partial charge >= 0.3 is 0 Å². The highest BCUT2D eigenvalue weighted by Crippen LogP contribution is 2.41. The van der Waals surface area contributed by atoms with E-state index in [0.29, 0.717) is 23.1 Å². The molecule has 6 rings (SSSR count). The molecule has 44 heavy (non-hydrogen) atoms. The molecule has 8 nitrogen and oxygen atoms in total. The summed E-state index contributed by atoms with van der Waals surface area (Å²) >= 11 is 6.06. The van der Waals surface area contributed by atoms with Crippen LogP contribution in [-0.4, -0.2) is 41.2 Å². The largest absolute Gasteiger partial charge is 0.383 e. The average Bonchev–Trinajstić information content (AvgIpc) is 3.36. The highest BCUT2D eigenvalue weighted by Gasteiger charge is 2.45. The van der Waals surface area contributed by atoms with Gasteiger partial charge in [0.25, 0.3) is 15.9 Å². The molecule has 2 aromatic heterocycles. The number of nitrogen functional groups attached to an aromatic ring is 1. The van der Waals surface area contributed by atoms with Crippen molar-refractivity contribution in [3.8, 4) is 11.3 Å². The number of halogens is 4. The molecule has 232 valence electrons. The minimum Gasteiger partial charge on any atom is -0.383 e. The first-order valence-corrected chi connectivity index (χ1v) is 16.3. The number of pyridine rings is 1. The van der Waals surface area contributed by atoms with Gasteiger partial charge in [-0.25, -0.2) is 26.6 Å². The Kier molecular flexibility index (Phi) is 7.87. The van der Waals surface area contributed by atoms with Gasteiger partial charge in [-0.3, -0.25) is 9.40 Å². The first kappa shape index (κ1) is 30.4. The number of fused-ring (bicyclic) bond motifs is 1. The molecule has 0 amide bonds. The standard InChI is InChI=1S/C31H32ClF3N6O2S/c1-17(2)41-29-22(18-7-10-20(11-8-18)38-21-14-31(34,35)15-21)16-37-30(36)27(29)28(39-41)19-9-12-25(24(33)13-19)40-44(42,43)26-6-4-3-5-23(26)32/h3-7,9,12-13,16-17,20-21,38,40H,8,10-11,14-15H2,1-2H3,(H2,36,37)/t20-/m0/s1. The van der Waals surface area contributed by atoms with Crippen molar-refractivity contribution in [3.05, 3.63) is 71.1 Å². The Morgan fingerprint density at radius 1 is 1.14 bits per heavy atom. The van der Waals surface area contributed by atoms with Crippen molar-refractivity contribution >= 4 is 49.6 Å². The van der Waals surface area contributed by atoms with Crippen molar-refractivity contribution in [2.45, 2.75) is 74.9 Å². The van der Waals surface area contributed by atoms with E-state index in [2.05, 4.69) is 21.1 Å². The summed E-state index contributed by atoms with van der Waals surface area (Å²) in [5.74, 6) is -3.13. The number of allylic oxidation sites excluding steroid dienone is 1. The minimum atomic E-state index is -4.14. The fourth-order valence-electron chi connectivity index (χ4n) is 5.96. The van der Waals surface area contributed by atoms with Crippen LogP contribution in [0.3, 0.4) is 0 Å². The highest BCUT2D eigenvalue weighted by molar-refractivity contribution is 7.92. The van der Waals surface area contributed by atoms with E-state index in [4.69, 9.17) is 22.4 Å². The number of aromatic nitrogens is 3. The molecule has 1 atom stereocenters. The zero-order valence-corrected chi connectivity index (χ0v) is 25.7. The predicted octanol–water partition coefficient (Wildman–Crippen LogP) is 7.18. The monoisotopic (exact) mass is 644 g/mol. The lowest BCUT2D eigenvalue weighted by Gasteiger charge is -2.38. The average molecular weight is 645 g/mol. The van der Waals surface area contributed by atoms with Gasteiger partial charge in [-0.05, 0) is 62.9 Å². The molecular formula is C31H32ClF3N6O2S. The van der Waals surface area contributed by atoms with Crippen molar-refractivity contribution < 1.29 is 21.6 Å². The summed E-state index contributed by atoms with van der Waals surface area (Å²) in [4.78, 5) is 4.30. The number of nitrogens with zero attached hydrogens (tertiary/aromatic N) is 3. The number of anilines is 2. The van der Waals surface area contributed by atoms with Gasteiger partial charge in [-0.1, -0.05) is 35.9 Å². The number of hydrogen-bond acceptors (Lipinski definition) is 6. The summed E-state index contributed by atoms with van der Waals surface area (Å²) in [6, 6.07) is 9.93. The van der Waals surface area contributed by atoms with Gasteiger partial charge in [0.1, 0.15) is 22.2 Å². The summed E-state index contributed by atoms with van der Waals surface area (Å²) in [6.07, 6.45) is 5.81. The molecule has 13 heteroatoms. The van der Waals surface area contributed by atoms with Crippen LogP contribution in [-0.2, 0) is 10.0 Å². The smallest absolute Gasteiger partial charge is 0.263 e. The van der Waals surface area contributed by atoms with Gasteiger partial charge in [-0.2, -0.15) is 5.10 Å². The molecular weight excluding hydrogens is 613 g/mol. The lowest BCUT2D eigenvalue weighted by molar-refractivity contribution is -0.0948. The quantitative estimate of drug-likeness (QED) is 0.187. The van der Waals surface area contributed by atoms with Crippen molar-refractivity contribution in [1.29, 1.82) is 0 Å². The van der Waals surface area contributed by atoms with E-state index >= 15 is 4.39 Å². The number of alkyl halides is 2. The zero-order chi connectivity index (χ0) is 31.4. The molecule has 2 heterocycles. The maximum Gasteiger partial charge on any atom is 0.263 e. The Labute approximate surface area is 258 Å². The van der Waals surface area contributed by atoms with Gasteiger partial charge in [-0.15, -0.1) is 0 Å². The van der Waals surface area contributed by atoms with Crippen LogP contribution in [0.15, 0.2) is 59.6 Å². The Morgan fingerprint density at radius 2 is 1.89 bits per heavy atom. The number of nitrogens with two attached hydrogens (primary N) is 1. The molecule has 0 aliphatic heterocycles. The van der Waals surface area contributed by atoms with Gasteiger partial charge in [0, 0.05) is 48.3 Å². The first-order valence-electron chi connectivity index (χ1n) is 14.4. The first-order chi connectivity index (χ1) is 20.8. The molecule has 1 saturated carbocycles. The molecule has 0 unspecified atom stereocenters. The third kappa shape index (κ3) is 5.78. The number of sulfonamides is 1. The van der Waals surface area contributed by atoms with Crippen LogP contribution in [0.25, 0.3) is 27.7 Å². The second-order valence-corrected chi connectivity index (χ2v) is 13.8. The predicted molar refractivity (Wildman–Crippen MR) is 167 cm³/mol. The van der Waals surface area contributed by atoms with E-state index in [1.807, 2.05) is 18.5 Å². The third-order valence-corrected chi connectivity index (χ3v) is 10.0. The topological polar surface area (TPSA) is 115 Å². The SMILES string of the molecule is CC(C)n1nc(-c2ccc(NS(=O)(=O)c3ccccc3Cl)c(F)c2)c2c(N)ncc(C3=CC[C@H](NC4CC(F)(F)C4)CC3)c21. The summed E-state index contributed by atoms with van der Waals surface area (Å²) in [6.45, 7) is 3.96. The lowest BCUT2D eigenvalue weighted by atomic mass is 9.85. The van der Waals surface area contributed by atoms with E-state index in [0.717, 1.165) is 29.5 Å². The van der Waals surface area contributed by atoms with Crippen molar-refractivity contribution in [2.75, 3.05) is 10.5 Å². The molecule has 2 aliphatic carbocycles. The van der Waals surface area contributed by atoms with Crippen LogP contribution in [0.4, 0.5) is 24.7 Å². The lowest BCUT2D eigenvalue weighted by Crippen LogP contribution is -2.52. The Balaban J connectivity index is 1.32. The van der Waals surface area contributed by atoms with E-state index < -0.39 is 21.8 Å². The molecule has 0 spiro atoms. The fraction of sp³-hybridized carbons (Fsp3) is 0.355. The summed E-state index contributed by atoms with van der Waals surface area (Å²) in [5.41, 5.74) is 9.67. The normalized spacial score (nSPS) is 18.8. The van der Waals surface area contributed by atoms with Crippen molar-refractivity contribution in [3.63, 3.8) is 0 Å². The van der Waals surface area contributed by atoms with Crippen LogP contribution < -0.4 is 15.8 Å². The molecule has 0 radical (unpaired) electrons. The second-order valence-electron chi connectivity index (χ2n) is 11.7. The van der Waals surface area contributed by atoms with E-state index in [1.165, 1.54) is 30.3 Å². The Hall–Kier alpha value is -3.61. The van der Waals surface area contributed by atoms with Gasteiger partial charge in [0.05, 0.1) is 21.6 Å². The molecule has 2 aliphatic rings. The Bertz CT molecular complexity index is 1880. The molecule has 4 N–H and O–H groups in total. The molecule has 1 fully saturated rings. The second kappa shape index (κ2) is 11.4. The van der Waals surface area contributed by atoms with E-state index in [-0.39, 0.29) is 52.4 Å². The molecule has 0 saturated heterocycles. The van der Waals surface area contributed by atoms with E-state index in [1.54, 1.807) is 18.3 Å². The van der Waals surface area contributed by atoms with Crippen LogP contribution in [0, 0.1) is 5.82 Å². The zero-order valence-electron chi connectivity index (χ0n) is 24.1. The van der Waals surface area contributed by atoms with Gasteiger partial charge in [0.15, 0.2) is 0 Å². The van der Waals surface area contributed by atoms with Crippen molar-refractivity contribution in [1.82, 2.24) is 20.1 Å². The van der Waals surface area contributed by atoms with E-state index in [9.17, 15) is 17.2 Å². The van der Waals surface area contributed by atoms with Crippen molar-refractivity contribution in [2.24, 2.45) is 0 Å². The highest BCUT2D eigenvalue weighted by atomic mass is 35.5. The van der Waals surface area contributed by atoms with Gasteiger partial charge in [0.2, 0.25) is 0 Å². The van der Waals surface area contributed by atoms with Crippen LogP contribution >= 0.6 is 11.6 Å². The van der Waals surface area contributed by atoms with Gasteiger partial charge < -0.3 is 11.1 Å². The van der Waals surface area contributed by atoms with Crippen LogP contribution in [0.2, 0.25) is 5.02 Å². The summed E-state index contributed by atoms with van der Waals surface area (Å²) in [5, 5.41) is 8.77. The van der Waals surface area contributed by atoms with Crippen LogP contribution in [0.1, 0.15) is 57.6 Å². The van der Waals surface area contributed by atoms with Crippen LogP contribution in [0.5, 0.6) is 0 Å². The molecule has 0 bridgehead atoms. The number of hydrogen-bond donors (Lipinski definition) is 3. The maximum atomic E-state index is 15.4. The fourth-order valence-corrected chi connectivity index (χ4v) is 7.54. The molecule has 4 aromatic rings. The summed E-state index contributed by atoms with van der Waals surface area (Å²) < 4.78 is 71.9. The minimum absolute atomic E-state index is 0.0179. The third-order valence-electron chi connectivity index (χ3n) is 8.17. The maximum absolute atomic E-state index is 15.4.